The van der Waals surface area contributed by atoms with Crippen molar-refractivity contribution in [2.24, 2.45) is 5.41 Å². The van der Waals surface area contributed by atoms with Crippen molar-refractivity contribution in [2.75, 3.05) is 45.2 Å². The first-order chi connectivity index (χ1) is 17.9. The smallest absolute Gasteiger partial charge is 0.128 e. The Balaban J connectivity index is 1.35. The summed E-state index contributed by atoms with van der Waals surface area (Å²) in [6.07, 6.45) is 2.38. The van der Waals surface area contributed by atoms with Crippen LogP contribution >= 0.6 is 0 Å². The molecule has 0 amide bonds. The highest BCUT2D eigenvalue weighted by molar-refractivity contribution is 5.85. The fraction of sp³-hybridized carbons (Fsp3) is 0.464. The highest BCUT2D eigenvalue weighted by atomic mass is 19.1. The van der Waals surface area contributed by atoms with E-state index in [2.05, 4.69) is 15.2 Å². The maximum Gasteiger partial charge on any atom is 0.128 e. The molecule has 3 N–H and O–H groups in total. The molecule has 1 unspecified atom stereocenters. The molecule has 1 aromatic heterocycles. The fourth-order valence-corrected chi connectivity index (χ4v) is 5.19. The summed E-state index contributed by atoms with van der Waals surface area (Å²) < 4.78 is 47.8. The molecule has 0 saturated carbocycles. The number of nitrogens with one attached hydrogen (secondary N) is 1. The van der Waals surface area contributed by atoms with Crippen LogP contribution in [-0.4, -0.2) is 60.0 Å². The fourth-order valence-electron chi connectivity index (χ4n) is 5.19. The monoisotopic (exact) mass is 517 g/mol. The Morgan fingerprint density at radius 3 is 2.49 bits per heavy atom. The molecule has 0 spiro atoms. The molecular weight excluding hydrogens is 483 g/mol. The largest absolute Gasteiger partial charge is 0.497 e. The van der Waals surface area contributed by atoms with E-state index in [4.69, 9.17) is 4.74 Å². The van der Waals surface area contributed by atoms with Crippen LogP contribution in [0.1, 0.15) is 43.0 Å². The molecule has 9 heteroatoms. The lowest BCUT2D eigenvalue weighted by atomic mass is 9.74. The van der Waals surface area contributed by atoms with Gasteiger partial charge in [-0.25, -0.2) is 13.2 Å². The van der Waals surface area contributed by atoms with Crippen LogP contribution in [0, 0.1) is 17.0 Å². The van der Waals surface area contributed by atoms with Crippen molar-refractivity contribution >= 4 is 16.6 Å². The summed E-state index contributed by atoms with van der Waals surface area (Å²) in [6, 6.07) is 8.64. The number of rotatable bonds is 11. The van der Waals surface area contributed by atoms with Gasteiger partial charge in [-0.3, -0.25) is 4.98 Å². The number of ether oxygens (including phenoxy) is 1. The Morgan fingerprint density at radius 1 is 1.11 bits per heavy atom. The number of anilines is 1. The Hall–Kier alpha value is -2.88. The molecule has 0 aliphatic carbocycles. The molecule has 1 fully saturated rings. The normalized spacial score (nSPS) is 16.6. The van der Waals surface area contributed by atoms with Crippen LogP contribution in [0.25, 0.3) is 10.9 Å². The standard InChI is InChI=1S/C28H34F3N3O3/c1-37-23-2-3-26-24(15-23)27(19(17-35)16-33-26)25(31)4-5-28(18-36)6-9-34(10-7-28)11-8-32-22-13-20(29)12-21(30)14-22/h2-3,12-16,25,32,35-36H,4-11,17-18H2,1H3. The SMILES string of the molecule is COc1ccc2ncc(CO)c(C(F)CCC3(CO)CCN(CCNc4cc(F)cc(F)c4)CC3)c2c1. The molecule has 1 saturated heterocycles. The Labute approximate surface area is 215 Å². The molecule has 2 aromatic carbocycles. The summed E-state index contributed by atoms with van der Waals surface area (Å²) in [4.78, 5) is 6.57. The molecule has 1 aliphatic heterocycles. The van der Waals surface area contributed by atoms with Crippen LogP contribution in [0.4, 0.5) is 18.9 Å². The number of hydrogen-bond acceptors (Lipinski definition) is 6. The zero-order chi connectivity index (χ0) is 26.4. The summed E-state index contributed by atoms with van der Waals surface area (Å²) in [5.74, 6) is -0.650. The number of aromatic nitrogens is 1. The van der Waals surface area contributed by atoms with Crippen LogP contribution < -0.4 is 10.1 Å². The number of halogens is 3. The number of aliphatic hydroxyl groups is 2. The van der Waals surface area contributed by atoms with E-state index in [1.165, 1.54) is 18.3 Å². The second-order valence-corrected chi connectivity index (χ2v) is 9.83. The van der Waals surface area contributed by atoms with Gasteiger partial charge in [0.2, 0.25) is 0 Å². The van der Waals surface area contributed by atoms with Crippen molar-refractivity contribution in [1.29, 1.82) is 0 Å². The van der Waals surface area contributed by atoms with Gasteiger partial charge in [0.25, 0.3) is 0 Å². The summed E-state index contributed by atoms with van der Waals surface area (Å²) >= 11 is 0. The summed E-state index contributed by atoms with van der Waals surface area (Å²) in [7, 11) is 1.55. The molecule has 3 aromatic rings. The number of nitrogens with zero attached hydrogens (tertiary/aromatic N) is 2. The van der Waals surface area contributed by atoms with Gasteiger partial charge in [-0.05, 0) is 74.5 Å². The zero-order valence-corrected chi connectivity index (χ0v) is 21.0. The predicted molar refractivity (Wildman–Crippen MR) is 137 cm³/mol. The van der Waals surface area contributed by atoms with Crippen molar-refractivity contribution in [2.45, 2.75) is 38.5 Å². The average Bonchev–Trinajstić information content (AvgIpc) is 2.91. The zero-order valence-electron chi connectivity index (χ0n) is 21.0. The number of fused-ring (bicyclic) bond motifs is 1. The van der Waals surface area contributed by atoms with Crippen molar-refractivity contribution in [1.82, 2.24) is 9.88 Å². The molecule has 6 nitrogen and oxygen atoms in total. The van der Waals surface area contributed by atoms with Crippen molar-refractivity contribution in [3.63, 3.8) is 0 Å². The molecule has 1 atom stereocenters. The maximum absolute atomic E-state index is 15.7. The number of hydrogen-bond donors (Lipinski definition) is 3. The van der Waals surface area contributed by atoms with E-state index in [1.807, 2.05) is 0 Å². The third-order valence-electron chi connectivity index (χ3n) is 7.48. The minimum Gasteiger partial charge on any atom is -0.497 e. The van der Waals surface area contributed by atoms with Crippen LogP contribution in [0.3, 0.4) is 0 Å². The van der Waals surface area contributed by atoms with Gasteiger partial charge in [-0.15, -0.1) is 0 Å². The van der Waals surface area contributed by atoms with Gasteiger partial charge in [0, 0.05) is 54.2 Å². The van der Waals surface area contributed by atoms with Crippen molar-refractivity contribution < 1.29 is 28.1 Å². The lowest BCUT2D eigenvalue weighted by Gasteiger charge is -2.41. The number of benzene rings is 2. The highest BCUT2D eigenvalue weighted by Gasteiger charge is 2.35. The third kappa shape index (κ3) is 6.52. The number of piperidine rings is 1. The van der Waals surface area contributed by atoms with Crippen LogP contribution in [0.5, 0.6) is 5.75 Å². The van der Waals surface area contributed by atoms with Gasteiger partial charge in [0.1, 0.15) is 23.6 Å². The first kappa shape index (κ1) is 27.2. The average molecular weight is 518 g/mol. The second kappa shape index (κ2) is 12.1. The van der Waals surface area contributed by atoms with Gasteiger partial charge in [-0.2, -0.15) is 0 Å². The lowest BCUT2D eigenvalue weighted by molar-refractivity contribution is 0.0315. The topological polar surface area (TPSA) is 77.8 Å². The first-order valence-corrected chi connectivity index (χ1v) is 12.6. The molecule has 0 bridgehead atoms. The predicted octanol–water partition coefficient (Wildman–Crippen LogP) is 4.99. The highest BCUT2D eigenvalue weighted by Crippen LogP contribution is 2.41. The van der Waals surface area contributed by atoms with Gasteiger partial charge in [-0.1, -0.05) is 0 Å². The van der Waals surface area contributed by atoms with E-state index in [1.54, 1.807) is 25.3 Å². The number of pyridine rings is 1. The minimum absolute atomic E-state index is 0.0217. The summed E-state index contributed by atoms with van der Waals surface area (Å²) in [5, 5.41) is 23.7. The van der Waals surface area contributed by atoms with E-state index in [0.717, 1.165) is 32.0 Å². The molecule has 2 heterocycles. The van der Waals surface area contributed by atoms with Crippen molar-refractivity contribution in [3.8, 4) is 5.75 Å². The first-order valence-electron chi connectivity index (χ1n) is 12.6. The Morgan fingerprint density at radius 2 is 1.84 bits per heavy atom. The van der Waals surface area contributed by atoms with E-state index < -0.39 is 17.8 Å². The molecular formula is C28H34F3N3O3. The molecule has 4 rings (SSSR count). The molecule has 0 radical (unpaired) electrons. The van der Waals surface area contributed by atoms with Gasteiger partial charge >= 0.3 is 0 Å². The van der Waals surface area contributed by atoms with E-state index in [9.17, 15) is 19.0 Å². The minimum atomic E-state index is -1.32. The van der Waals surface area contributed by atoms with Gasteiger partial charge in [0.15, 0.2) is 0 Å². The quantitative estimate of drug-likeness (QED) is 0.333. The number of aliphatic hydroxyl groups excluding tert-OH is 2. The number of methoxy groups -OCH3 is 1. The van der Waals surface area contributed by atoms with Crippen LogP contribution in [0.15, 0.2) is 42.6 Å². The van der Waals surface area contributed by atoms with E-state index in [-0.39, 0.29) is 25.0 Å². The van der Waals surface area contributed by atoms with Gasteiger partial charge in [0.05, 0.1) is 19.2 Å². The van der Waals surface area contributed by atoms with E-state index >= 15 is 4.39 Å². The lowest BCUT2D eigenvalue weighted by Crippen LogP contribution is -2.43. The van der Waals surface area contributed by atoms with E-state index in [0.29, 0.717) is 53.0 Å². The second-order valence-electron chi connectivity index (χ2n) is 9.83. The number of alkyl halides is 1. The Bertz CT molecular complexity index is 1180. The number of likely N-dealkylation sites (tertiary alicyclic amines) is 1. The molecule has 1 aliphatic rings. The molecule has 37 heavy (non-hydrogen) atoms. The Kier molecular flexibility index (Phi) is 8.89. The van der Waals surface area contributed by atoms with Crippen LogP contribution in [-0.2, 0) is 6.61 Å². The maximum atomic E-state index is 15.7. The molecule has 200 valence electrons. The summed E-state index contributed by atoms with van der Waals surface area (Å²) in [5.41, 5.74) is 1.54. The van der Waals surface area contributed by atoms with Crippen molar-refractivity contribution in [3.05, 3.63) is 65.4 Å². The summed E-state index contributed by atoms with van der Waals surface area (Å²) in [6.45, 7) is 2.38. The van der Waals surface area contributed by atoms with Crippen LogP contribution in [0.2, 0.25) is 0 Å². The third-order valence-corrected chi connectivity index (χ3v) is 7.48. The van der Waals surface area contributed by atoms with Gasteiger partial charge < -0.3 is 25.2 Å².